The highest BCUT2D eigenvalue weighted by molar-refractivity contribution is 7.89. The fraction of sp³-hybridized carbons (Fsp3) is 0.467. The van der Waals surface area contributed by atoms with Crippen LogP contribution in [0.4, 0.5) is 4.39 Å². The van der Waals surface area contributed by atoms with Gasteiger partial charge in [-0.1, -0.05) is 12.1 Å². The molecule has 0 spiro atoms. The van der Waals surface area contributed by atoms with Crippen molar-refractivity contribution < 1.29 is 27.5 Å². The molecule has 1 fully saturated rings. The van der Waals surface area contributed by atoms with Crippen LogP contribution >= 0.6 is 0 Å². The van der Waals surface area contributed by atoms with Gasteiger partial charge in [0.2, 0.25) is 15.9 Å². The molecule has 132 valence electrons. The number of aliphatic carboxylic acids is 1. The number of piperidine rings is 1. The van der Waals surface area contributed by atoms with E-state index >= 15 is 0 Å². The lowest BCUT2D eigenvalue weighted by Crippen LogP contribution is -2.44. The van der Waals surface area contributed by atoms with Crippen LogP contribution in [0.3, 0.4) is 0 Å². The average molecular weight is 358 g/mol. The minimum absolute atomic E-state index is 0.0913. The lowest BCUT2D eigenvalue weighted by atomic mass is 9.97. The number of sulfonamides is 1. The fourth-order valence-corrected chi connectivity index (χ4v) is 4.26. The highest BCUT2D eigenvalue weighted by Crippen LogP contribution is 2.26. The van der Waals surface area contributed by atoms with Gasteiger partial charge in [0.1, 0.15) is 17.3 Å². The van der Waals surface area contributed by atoms with Gasteiger partial charge in [0.05, 0.1) is 0 Å². The second-order valence-corrected chi connectivity index (χ2v) is 7.60. The second kappa shape index (κ2) is 7.27. The maximum Gasteiger partial charge on any atom is 0.323 e. The Balaban J connectivity index is 2.04. The summed E-state index contributed by atoms with van der Waals surface area (Å²) in [6, 6.07) is 5.16. The summed E-state index contributed by atoms with van der Waals surface area (Å²) in [5.74, 6) is -2.66. The first kappa shape index (κ1) is 18.3. The van der Waals surface area contributed by atoms with E-state index in [1.54, 1.807) is 0 Å². The molecule has 0 aliphatic carbocycles. The molecular weight excluding hydrogens is 339 g/mol. The van der Waals surface area contributed by atoms with Crippen LogP contribution < -0.4 is 0 Å². The normalized spacial score (nSPS) is 16.8. The SMILES string of the molecule is CN(CC(=O)O)C(=O)C1CCN(S(=O)(=O)c2ccccc2F)CC1. The van der Waals surface area contributed by atoms with Crippen molar-refractivity contribution in [1.29, 1.82) is 0 Å². The quantitative estimate of drug-likeness (QED) is 0.839. The van der Waals surface area contributed by atoms with E-state index in [1.807, 2.05) is 0 Å². The molecule has 1 amide bonds. The zero-order valence-electron chi connectivity index (χ0n) is 13.2. The minimum Gasteiger partial charge on any atom is -0.480 e. The van der Waals surface area contributed by atoms with Crippen LogP contribution in [0.15, 0.2) is 29.2 Å². The number of amides is 1. The molecule has 1 heterocycles. The van der Waals surface area contributed by atoms with Crippen molar-refractivity contribution in [2.45, 2.75) is 17.7 Å². The molecule has 1 N–H and O–H groups in total. The standard InChI is InChI=1S/C15H19FN2O5S/c1-17(10-14(19)20)15(21)11-6-8-18(9-7-11)24(22,23)13-5-3-2-4-12(13)16/h2-5,11H,6-10H2,1H3,(H,19,20). The molecule has 0 radical (unpaired) electrons. The summed E-state index contributed by atoms with van der Waals surface area (Å²) in [5, 5.41) is 8.71. The van der Waals surface area contributed by atoms with Gasteiger partial charge in [-0.05, 0) is 25.0 Å². The van der Waals surface area contributed by atoms with Crippen molar-refractivity contribution in [3.63, 3.8) is 0 Å². The molecule has 1 aromatic rings. The minimum atomic E-state index is -3.94. The fourth-order valence-electron chi connectivity index (χ4n) is 2.73. The molecule has 1 aromatic carbocycles. The highest BCUT2D eigenvalue weighted by Gasteiger charge is 2.34. The summed E-state index contributed by atoms with van der Waals surface area (Å²) in [6.45, 7) is -0.214. The molecule has 9 heteroatoms. The number of halogens is 1. The second-order valence-electron chi connectivity index (χ2n) is 5.70. The highest BCUT2D eigenvalue weighted by atomic mass is 32.2. The largest absolute Gasteiger partial charge is 0.480 e. The molecule has 0 atom stereocenters. The van der Waals surface area contributed by atoms with Crippen LogP contribution in [0.1, 0.15) is 12.8 Å². The molecule has 1 aliphatic heterocycles. The number of carboxylic acids is 1. The van der Waals surface area contributed by atoms with Crippen molar-refractivity contribution in [1.82, 2.24) is 9.21 Å². The first-order chi connectivity index (χ1) is 11.2. The summed E-state index contributed by atoms with van der Waals surface area (Å²) in [6.07, 6.45) is 0.549. The van der Waals surface area contributed by atoms with Crippen molar-refractivity contribution in [2.75, 3.05) is 26.7 Å². The molecule has 0 aromatic heterocycles. The van der Waals surface area contributed by atoms with Crippen molar-refractivity contribution in [3.05, 3.63) is 30.1 Å². The van der Waals surface area contributed by atoms with Crippen LogP contribution in [0.2, 0.25) is 0 Å². The van der Waals surface area contributed by atoms with E-state index in [1.165, 1.54) is 25.2 Å². The zero-order valence-corrected chi connectivity index (χ0v) is 14.0. The molecule has 0 unspecified atom stereocenters. The topological polar surface area (TPSA) is 95.0 Å². The lowest BCUT2D eigenvalue weighted by molar-refractivity contribution is -0.145. The van der Waals surface area contributed by atoms with E-state index < -0.39 is 34.3 Å². The third kappa shape index (κ3) is 3.90. The van der Waals surface area contributed by atoms with E-state index in [4.69, 9.17) is 5.11 Å². The van der Waals surface area contributed by atoms with Gasteiger partial charge in [0.25, 0.3) is 0 Å². The number of carboxylic acid groups (broad SMARTS) is 1. The molecule has 7 nitrogen and oxygen atoms in total. The number of rotatable bonds is 5. The number of benzene rings is 1. The summed E-state index contributed by atoms with van der Waals surface area (Å²) in [4.78, 5) is 23.5. The summed E-state index contributed by atoms with van der Waals surface area (Å²) >= 11 is 0. The molecule has 1 saturated heterocycles. The smallest absolute Gasteiger partial charge is 0.323 e. The Morgan fingerprint density at radius 1 is 1.29 bits per heavy atom. The van der Waals surface area contributed by atoms with Gasteiger partial charge in [-0.15, -0.1) is 0 Å². The third-order valence-corrected chi connectivity index (χ3v) is 5.94. The van der Waals surface area contributed by atoms with Crippen LogP contribution in [0, 0.1) is 11.7 Å². The van der Waals surface area contributed by atoms with Crippen LogP contribution in [-0.2, 0) is 19.6 Å². The Morgan fingerprint density at radius 2 is 1.88 bits per heavy atom. The van der Waals surface area contributed by atoms with Gasteiger partial charge in [-0.3, -0.25) is 9.59 Å². The number of carbonyl (C=O) groups is 2. The molecule has 0 saturated carbocycles. The van der Waals surface area contributed by atoms with E-state index in [9.17, 15) is 22.4 Å². The van der Waals surface area contributed by atoms with Gasteiger partial charge < -0.3 is 10.0 Å². The van der Waals surface area contributed by atoms with Crippen molar-refractivity contribution >= 4 is 21.9 Å². The van der Waals surface area contributed by atoms with Gasteiger partial charge >= 0.3 is 5.97 Å². The van der Waals surface area contributed by atoms with Crippen LogP contribution in [-0.4, -0.2) is 61.3 Å². The number of hydrogen-bond donors (Lipinski definition) is 1. The van der Waals surface area contributed by atoms with Gasteiger partial charge in [-0.2, -0.15) is 4.31 Å². The van der Waals surface area contributed by atoms with Gasteiger partial charge in [0, 0.05) is 26.1 Å². The molecule has 1 aliphatic rings. The molecule has 2 rings (SSSR count). The Morgan fingerprint density at radius 3 is 2.42 bits per heavy atom. The Kier molecular flexibility index (Phi) is 5.55. The lowest BCUT2D eigenvalue weighted by Gasteiger charge is -2.32. The summed E-state index contributed by atoms with van der Waals surface area (Å²) in [5.41, 5.74) is 0. The van der Waals surface area contributed by atoms with Crippen LogP contribution in [0.25, 0.3) is 0 Å². The Hall–Kier alpha value is -2.00. The van der Waals surface area contributed by atoms with E-state index in [-0.39, 0.29) is 36.7 Å². The van der Waals surface area contributed by atoms with Crippen molar-refractivity contribution in [3.8, 4) is 0 Å². The summed E-state index contributed by atoms with van der Waals surface area (Å²) in [7, 11) is -2.54. The van der Waals surface area contributed by atoms with Gasteiger partial charge in [0.15, 0.2) is 0 Å². The first-order valence-corrected chi connectivity index (χ1v) is 8.89. The van der Waals surface area contributed by atoms with Gasteiger partial charge in [-0.25, -0.2) is 12.8 Å². The predicted molar refractivity (Wildman–Crippen MR) is 83.2 cm³/mol. The number of likely N-dealkylation sites (N-methyl/N-ethyl adjacent to an activating group) is 1. The summed E-state index contributed by atoms with van der Waals surface area (Å²) < 4.78 is 39.9. The van der Waals surface area contributed by atoms with Crippen LogP contribution in [0.5, 0.6) is 0 Å². The van der Waals surface area contributed by atoms with E-state index in [2.05, 4.69) is 0 Å². The predicted octanol–water partition coefficient (Wildman–Crippen LogP) is 0.769. The number of carbonyl (C=O) groups excluding carboxylic acids is 1. The third-order valence-electron chi connectivity index (χ3n) is 4.01. The van der Waals surface area contributed by atoms with E-state index in [0.29, 0.717) is 0 Å². The Labute approximate surface area is 139 Å². The maximum atomic E-state index is 13.8. The first-order valence-electron chi connectivity index (χ1n) is 7.45. The molecule has 0 bridgehead atoms. The Bertz CT molecular complexity index is 729. The molecular formula is C15H19FN2O5S. The zero-order chi connectivity index (χ0) is 17.9. The monoisotopic (exact) mass is 358 g/mol. The van der Waals surface area contributed by atoms with E-state index in [0.717, 1.165) is 15.3 Å². The number of hydrogen-bond acceptors (Lipinski definition) is 4. The maximum absolute atomic E-state index is 13.8. The number of nitrogens with zero attached hydrogens (tertiary/aromatic N) is 2. The van der Waals surface area contributed by atoms with Crippen molar-refractivity contribution in [2.24, 2.45) is 5.92 Å². The molecule has 24 heavy (non-hydrogen) atoms. The average Bonchev–Trinajstić information content (AvgIpc) is 2.54.